The molecular formula is C16H25ClN2O2. The molecule has 1 aromatic carbocycles. The third-order valence-electron chi connectivity index (χ3n) is 3.80. The van der Waals surface area contributed by atoms with Crippen molar-refractivity contribution in [1.82, 2.24) is 10.6 Å². The lowest BCUT2D eigenvalue weighted by Crippen LogP contribution is -2.42. The molecular weight excluding hydrogens is 288 g/mol. The summed E-state index contributed by atoms with van der Waals surface area (Å²) in [6.07, 6.45) is 1.86. The molecule has 1 aromatic rings. The molecule has 1 aliphatic rings. The largest absolute Gasteiger partial charge is 0.380 e. The molecule has 21 heavy (non-hydrogen) atoms. The number of carbonyl (C=O) groups excluding carboxylic acids is 1. The highest BCUT2D eigenvalue weighted by atomic mass is 35.5. The van der Waals surface area contributed by atoms with E-state index in [9.17, 15) is 4.79 Å². The monoisotopic (exact) mass is 312 g/mol. The van der Waals surface area contributed by atoms with Gasteiger partial charge in [-0.3, -0.25) is 4.79 Å². The van der Waals surface area contributed by atoms with Crippen molar-refractivity contribution >= 4 is 18.3 Å². The van der Waals surface area contributed by atoms with Gasteiger partial charge >= 0.3 is 0 Å². The fourth-order valence-electron chi connectivity index (χ4n) is 2.62. The van der Waals surface area contributed by atoms with Crippen LogP contribution in [0, 0.1) is 5.92 Å². The molecule has 0 aromatic heterocycles. The summed E-state index contributed by atoms with van der Waals surface area (Å²) in [6, 6.07) is 8.60. The molecule has 5 heteroatoms. The lowest BCUT2D eigenvalue weighted by molar-refractivity contribution is -0.126. The molecule has 0 unspecified atom stereocenters. The topological polar surface area (TPSA) is 50.4 Å². The Hall–Kier alpha value is -1.10. The van der Waals surface area contributed by atoms with E-state index in [4.69, 9.17) is 4.74 Å². The average molecular weight is 313 g/mol. The molecule has 2 atom stereocenters. The van der Waals surface area contributed by atoms with E-state index in [2.05, 4.69) is 17.6 Å². The second-order valence-electron chi connectivity index (χ2n) is 5.54. The van der Waals surface area contributed by atoms with Crippen LogP contribution in [0.25, 0.3) is 0 Å². The molecule has 0 aliphatic carbocycles. The molecule has 1 aliphatic heterocycles. The van der Waals surface area contributed by atoms with Gasteiger partial charge in [0.2, 0.25) is 5.91 Å². The van der Waals surface area contributed by atoms with Crippen LogP contribution in [0.2, 0.25) is 0 Å². The number of piperidine rings is 1. The van der Waals surface area contributed by atoms with Gasteiger partial charge in [0, 0.05) is 25.6 Å². The van der Waals surface area contributed by atoms with E-state index in [0.717, 1.165) is 30.5 Å². The number of nitrogens with one attached hydrogen (secondary N) is 2. The molecule has 4 nitrogen and oxygen atoms in total. The number of carbonyl (C=O) groups is 1. The van der Waals surface area contributed by atoms with Crippen molar-refractivity contribution in [3.05, 3.63) is 35.4 Å². The van der Waals surface area contributed by atoms with Gasteiger partial charge in [-0.25, -0.2) is 0 Å². The first-order valence-corrected chi connectivity index (χ1v) is 7.27. The van der Waals surface area contributed by atoms with E-state index in [-0.39, 0.29) is 24.2 Å². The first-order chi connectivity index (χ1) is 9.69. The Morgan fingerprint density at radius 1 is 1.33 bits per heavy atom. The third kappa shape index (κ3) is 5.65. The quantitative estimate of drug-likeness (QED) is 0.877. The second kappa shape index (κ2) is 9.03. The molecule has 1 saturated heterocycles. The maximum absolute atomic E-state index is 12.1. The molecule has 2 rings (SSSR count). The predicted octanol–water partition coefficient (Wildman–Crippen LogP) is 2.26. The molecule has 0 saturated carbocycles. The maximum atomic E-state index is 12.1. The Labute approximate surface area is 133 Å². The standard InChI is InChI=1S/C16H24N2O2.ClH/c1-12-9-15(7-8-17-12)16(19)18-10-13-3-5-14(6-4-13)11-20-2;/h3-6,12,15,17H,7-11H2,1-2H3,(H,18,19);1H/t12-,15-;/m0./s1. The van der Waals surface area contributed by atoms with Crippen LogP contribution in [-0.2, 0) is 22.7 Å². The zero-order chi connectivity index (χ0) is 14.4. The number of hydrogen-bond acceptors (Lipinski definition) is 3. The first-order valence-electron chi connectivity index (χ1n) is 7.27. The minimum Gasteiger partial charge on any atom is -0.380 e. The molecule has 0 radical (unpaired) electrons. The number of methoxy groups -OCH3 is 1. The minimum absolute atomic E-state index is 0. The molecule has 0 spiro atoms. The number of ether oxygens (including phenoxy) is 1. The van der Waals surface area contributed by atoms with Crippen molar-refractivity contribution in [2.45, 2.75) is 39.0 Å². The van der Waals surface area contributed by atoms with Crippen LogP contribution < -0.4 is 10.6 Å². The summed E-state index contributed by atoms with van der Waals surface area (Å²) >= 11 is 0. The van der Waals surface area contributed by atoms with Gasteiger partial charge in [0.15, 0.2) is 0 Å². The van der Waals surface area contributed by atoms with Crippen LogP contribution in [0.1, 0.15) is 30.9 Å². The van der Waals surface area contributed by atoms with Crippen LogP contribution in [0.5, 0.6) is 0 Å². The van der Waals surface area contributed by atoms with E-state index in [1.807, 2.05) is 24.3 Å². The van der Waals surface area contributed by atoms with Crippen LogP contribution in [0.4, 0.5) is 0 Å². The molecule has 118 valence electrons. The zero-order valence-electron chi connectivity index (χ0n) is 12.7. The van der Waals surface area contributed by atoms with Crippen molar-refractivity contribution in [2.75, 3.05) is 13.7 Å². The predicted molar refractivity (Wildman–Crippen MR) is 86.4 cm³/mol. The first kappa shape index (κ1) is 18.0. The lowest BCUT2D eigenvalue weighted by atomic mass is 9.92. The molecule has 0 bridgehead atoms. The number of rotatable bonds is 5. The lowest BCUT2D eigenvalue weighted by Gasteiger charge is -2.27. The van der Waals surface area contributed by atoms with Gasteiger partial charge in [-0.05, 0) is 37.4 Å². The minimum atomic E-state index is 0. The maximum Gasteiger partial charge on any atom is 0.223 e. The zero-order valence-corrected chi connectivity index (χ0v) is 13.5. The van der Waals surface area contributed by atoms with Gasteiger partial charge in [-0.2, -0.15) is 0 Å². The Kier molecular flexibility index (Phi) is 7.72. The highest BCUT2D eigenvalue weighted by Gasteiger charge is 2.24. The van der Waals surface area contributed by atoms with Crippen LogP contribution in [0.3, 0.4) is 0 Å². The van der Waals surface area contributed by atoms with Crippen molar-refractivity contribution in [2.24, 2.45) is 5.92 Å². The highest BCUT2D eigenvalue weighted by Crippen LogP contribution is 2.16. The van der Waals surface area contributed by atoms with E-state index < -0.39 is 0 Å². The van der Waals surface area contributed by atoms with Crippen molar-refractivity contribution in [1.29, 1.82) is 0 Å². The number of benzene rings is 1. The summed E-state index contributed by atoms with van der Waals surface area (Å²) < 4.78 is 5.08. The van der Waals surface area contributed by atoms with Gasteiger partial charge < -0.3 is 15.4 Å². The smallest absolute Gasteiger partial charge is 0.223 e. The van der Waals surface area contributed by atoms with Gasteiger partial charge in [0.05, 0.1) is 6.61 Å². The summed E-state index contributed by atoms with van der Waals surface area (Å²) in [5.41, 5.74) is 2.27. The second-order valence-corrected chi connectivity index (χ2v) is 5.54. The Morgan fingerprint density at radius 2 is 2.00 bits per heavy atom. The van der Waals surface area contributed by atoms with E-state index in [1.54, 1.807) is 7.11 Å². The molecule has 1 amide bonds. The van der Waals surface area contributed by atoms with Gasteiger partial charge in [0.25, 0.3) is 0 Å². The van der Waals surface area contributed by atoms with Crippen molar-refractivity contribution in [3.8, 4) is 0 Å². The fourth-order valence-corrected chi connectivity index (χ4v) is 2.62. The van der Waals surface area contributed by atoms with E-state index in [1.165, 1.54) is 0 Å². The molecule has 1 heterocycles. The van der Waals surface area contributed by atoms with E-state index >= 15 is 0 Å². The summed E-state index contributed by atoms with van der Waals surface area (Å²) in [6.45, 7) is 4.29. The van der Waals surface area contributed by atoms with Crippen LogP contribution in [-0.4, -0.2) is 25.6 Å². The third-order valence-corrected chi connectivity index (χ3v) is 3.80. The Morgan fingerprint density at radius 3 is 2.62 bits per heavy atom. The molecule has 2 N–H and O–H groups in total. The Bertz CT molecular complexity index is 436. The number of hydrogen-bond donors (Lipinski definition) is 2. The van der Waals surface area contributed by atoms with Crippen molar-refractivity contribution in [3.63, 3.8) is 0 Å². The SMILES string of the molecule is COCc1ccc(CNC(=O)[C@H]2CCN[C@@H](C)C2)cc1.Cl. The van der Waals surface area contributed by atoms with Gasteiger partial charge in [-0.15, -0.1) is 12.4 Å². The van der Waals surface area contributed by atoms with Crippen LogP contribution in [0.15, 0.2) is 24.3 Å². The van der Waals surface area contributed by atoms with Crippen LogP contribution >= 0.6 is 12.4 Å². The fraction of sp³-hybridized carbons (Fsp3) is 0.562. The van der Waals surface area contributed by atoms with Crippen molar-refractivity contribution < 1.29 is 9.53 Å². The average Bonchev–Trinajstić information content (AvgIpc) is 2.46. The summed E-state index contributed by atoms with van der Waals surface area (Å²) in [4.78, 5) is 12.1. The molecule has 1 fully saturated rings. The number of halogens is 1. The summed E-state index contributed by atoms with van der Waals surface area (Å²) in [5.74, 6) is 0.332. The van der Waals surface area contributed by atoms with Gasteiger partial charge in [-0.1, -0.05) is 24.3 Å². The highest BCUT2D eigenvalue weighted by molar-refractivity contribution is 5.85. The summed E-state index contributed by atoms with van der Waals surface area (Å²) in [5, 5.41) is 6.41. The number of amides is 1. The summed E-state index contributed by atoms with van der Waals surface area (Å²) in [7, 11) is 1.69. The van der Waals surface area contributed by atoms with E-state index in [0.29, 0.717) is 19.2 Å². The Balaban J connectivity index is 0.00000220. The van der Waals surface area contributed by atoms with Gasteiger partial charge in [0.1, 0.15) is 0 Å². The normalized spacial score (nSPS) is 21.4.